The van der Waals surface area contributed by atoms with Crippen LogP contribution in [0, 0.1) is 0 Å². The van der Waals surface area contributed by atoms with Crippen LogP contribution in [0.4, 0.5) is 10.5 Å². The Kier molecular flexibility index (Phi) is 8.33. The molecule has 0 saturated heterocycles. The highest BCUT2D eigenvalue weighted by Crippen LogP contribution is 2.28. The topological polar surface area (TPSA) is 125 Å². The lowest BCUT2D eigenvalue weighted by Crippen LogP contribution is -2.31. The van der Waals surface area contributed by atoms with Gasteiger partial charge in [0.05, 0.1) is 17.7 Å². The van der Waals surface area contributed by atoms with Crippen molar-refractivity contribution in [3.63, 3.8) is 0 Å². The molecule has 0 aliphatic heterocycles. The molecule has 0 atom stereocenters. The molecule has 10 heteroatoms. The van der Waals surface area contributed by atoms with E-state index in [1.165, 1.54) is 29.6 Å². The van der Waals surface area contributed by atoms with Crippen LogP contribution in [-0.4, -0.2) is 56.6 Å². The minimum Gasteiger partial charge on any atom is -0.495 e. The summed E-state index contributed by atoms with van der Waals surface area (Å²) in [6.45, 7) is 4.33. The molecule has 0 fully saturated rings. The van der Waals surface area contributed by atoms with E-state index >= 15 is 0 Å². The SMILES string of the molecule is CCN(CC)S(=O)(=O)c1ccc(OC)c(NC(=O)NCCCC(=O)O)c1. The number of benzene rings is 1. The number of carboxylic acids is 1. The van der Waals surface area contributed by atoms with E-state index in [1.54, 1.807) is 13.8 Å². The van der Waals surface area contributed by atoms with Gasteiger partial charge in [-0.05, 0) is 24.6 Å². The van der Waals surface area contributed by atoms with Gasteiger partial charge in [0, 0.05) is 26.1 Å². The maximum Gasteiger partial charge on any atom is 0.319 e. The summed E-state index contributed by atoms with van der Waals surface area (Å²) < 4.78 is 31.7. The summed E-state index contributed by atoms with van der Waals surface area (Å²) >= 11 is 0. The highest BCUT2D eigenvalue weighted by Gasteiger charge is 2.23. The molecule has 26 heavy (non-hydrogen) atoms. The minimum absolute atomic E-state index is 0.0446. The largest absolute Gasteiger partial charge is 0.495 e. The fourth-order valence-electron chi connectivity index (χ4n) is 2.27. The van der Waals surface area contributed by atoms with Crippen LogP contribution in [0.25, 0.3) is 0 Å². The fraction of sp³-hybridized carbons (Fsp3) is 0.500. The van der Waals surface area contributed by atoms with Gasteiger partial charge in [0.15, 0.2) is 0 Å². The first kappa shape index (κ1) is 21.7. The van der Waals surface area contributed by atoms with Crippen molar-refractivity contribution in [2.45, 2.75) is 31.6 Å². The molecule has 0 aromatic heterocycles. The minimum atomic E-state index is -3.67. The Hall–Kier alpha value is -2.33. The molecule has 2 amide bonds. The van der Waals surface area contributed by atoms with Gasteiger partial charge in [0.1, 0.15) is 5.75 Å². The second-order valence-electron chi connectivity index (χ2n) is 5.33. The number of aliphatic carboxylic acids is 1. The Bertz CT molecular complexity index is 732. The average molecular weight is 387 g/mol. The summed E-state index contributed by atoms with van der Waals surface area (Å²) in [5, 5.41) is 13.6. The molecule has 1 aromatic carbocycles. The molecule has 0 aliphatic rings. The third kappa shape index (κ3) is 5.88. The quantitative estimate of drug-likeness (QED) is 0.525. The number of carbonyl (C=O) groups excluding carboxylic acids is 1. The Morgan fingerprint density at radius 3 is 2.42 bits per heavy atom. The number of hydrogen-bond acceptors (Lipinski definition) is 5. The number of carbonyl (C=O) groups is 2. The zero-order valence-electron chi connectivity index (χ0n) is 15.1. The summed E-state index contributed by atoms with van der Waals surface area (Å²) in [5.41, 5.74) is 0.205. The number of sulfonamides is 1. The van der Waals surface area contributed by atoms with Gasteiger partial charge >= 0.3 is 12.0 Å². The van der Waals surface area contributed by atoms with Gasteiger partial charge in [-0.1, -0.05) is 13.8 Å². The standard InChI is InChI=1S/C16H25N3O6S/c1-4-19(5-2)26(23,24)12-8-9-14(25-3)13(11-12)18-16(22)17-10-6-7-15(20)21/h8-9,11H,4-7,10H2,1-3H3,(H,20,21)(H2,17,18,22). The third-order valence-electron chi connectivity index (χ3n) is 3.62. The highest BCUT2D eigenvalue weighted by molar-refractivity contribution is 7.89. The predicted molar refractivity (Wildman–Crippen MR) is 97.0 cm³/mol. The van der Waals surface area contributed by atoms with E-state index in [4.69, 9.17) is 9.84 Å². The second-order valence-corrected chi connectivity index (χ2v) is 7.27. The Morgan fingerprint density at radius 1 is 1.23 bits per heavy atom. The van der Waals surface area contributed by atoms with Gasteiger partial charge in [0.2, 0.25) is 10.0 Å². The molecular weight excluding hydrogens is 362 g/mol. The normalized spacial score (nSPS) is 11.2. The van der Waals surface area contributed by atoms with Gasteiger partial charge in [-0.15, -0.1) is 0 Å². The van der Waals surface area contributed by atoms with Crippen molar-refractivity contribution in [3.8, 4) is 5.75 Å². The number of methoxy groups -OCH3 is 1. The predicted octanol–water partition coefficient (Wildman–Crippen LogP) is 1.71. The molecule has 0 spiro atoms. The number of ether oxygens (including phenoxy) is 1. The molecule has 0 saturated carbocycles. The van der Waals surface area contributed by atoms with Crippen molar-refractivity contribution < 1.29 is 27.9 Å². The van der Waals surface area contributed by atoms with E-state index < -0.39 is 22.0 Å². The fourth-order valence-corrected chi connectivity index (χ4v) is 3.75. The van der Waals surface area contributed by atoms with Crippen LogP contribution in [0.2, 0.25) is 0 Å². The maximum absolute atomic E-state index is 12.6. The van der Waals surface area contributed by atoms with Gasteiger partial charge in [-0.2, -0.15) is 4.31 Å². The van der Waals surface area contributed by atoms with E-state index in [0.717, 1.165) is 0 Å². The number of rotatable bonds is 10. The van der Waals surface area contributed by atoms with Crippen molar-refractivity contribution >= 4 is 27.7 Å². The first-order valence-corrected chi connectivity index (χ1v) is 9.65. The Balaban J connectivity index is 2.93. The molecule has 0 radical (unpaired) electrons. The van der Waals surface area contributed by atoms with Gasteiger partial charge in [-0.3, -0.25) is 4.79 Å². The first-order valence-electron chi connectivity index (χ1n) is 8.21. The van der Waals surface area contributed by atoms with E-state index in [-0.39, 0.29) is 30.0 Å². The molecule has 1 rings (SSSR count). The van der Waals surface area contributed by atoms with Crippen molar-refractivity contribution in [3.05, 3.63) is 18.2 Å². The smallest absolute Gasteiger partial charge is 0.319 e. The third-order valence-corrected chi connectivity index (χ3v) is 5.66. The molecule has 0 heterocycles. The Morgan fingerprint density at radius 2 is 1.88 bits per heavy atom. The van der Waals surface area contributed by atoms with Crippen LogP contribution in [0.3, 0.4) is 0 Å². The summed E-state index contributed by atoms with van der Waals surface area (Å²) in [4.78, 5) is 22.4. The average Bonchev–Trinajstić information content (AvgIpc) is 2.59. The van der Waals surface area contributed by atoms with Gasteiger partial charge < -0.3 is 20.5 Å². The summed E-state index contributed by atoms with van der Waals surface area (Å²) in [7, 11) is -2.27. The number of anilines is 1. The maximum atomic E-state index is 12.6. The van der Waals surface area contributed by atoms with Crippen LogP contribution in [0.1, 0.15) is 26.7 Å². The zero-order chi connectivity index (χ0) is 19.7. The van der Waals surface area contributed by atoms with Crippen LogP contribution in [-0.2, 0) is 14.8 Å². The number of amides is 2. The molecule has 1 aromatic rings. The molecule has 0 bridgehead atoms. The lowest BCUT2D eigenvalue weighted by molar-refractivity contribution is -0.137. The number of nitrogens with zero attached hydrogens (tertiary/aromatic N) is 1. The van der Waals surface area contributed by atoms with Gasteiger partial charge in [-0.25, -0.2) is 13.2 Å². The number of hydrogen-bond donors (Lipinski definition) is 3. The summed E-state index contributed by atoms with van der Waals surface area (Å²) in [5.74, 6) is -0.632. The first-order chi connectivity index (χ1) is 12.3. The number of carboxylic acid groups (broad SMARTS) is 1. The summed E-state index contributed by atoms with van der Waals surface area (Å²) in [6, 6.07) is 3.65. The number of nitrogens with one attached hydrogen (secondary N) is 2. The molecule has 0 unspecified atom stereocenters. The zero-order valence-corrected chi connectivity index (χ0v) is 15.9. The monoisotopic (exact) mass is 387 g/mol. The van der Waals surface area contributed by atoms with Crippen LogP contribution in [0.5, 0.6) is 5.75 Å². The van der Waals surface area contributed by atoms with Crippen LogP contribution >= 0.6 is 0 Å². The van der Waals surface area contributed by atoms with Crippen molar-refractivity contribution in [2.75, 3.05) is 32.1 Å². The second kappa shape index (κ2) is 9.97. The molecule has 3 N–H and O–H groups in total. The molecular formula is C16H25N3O6S. The van der Waals surface area contributed by atoms with Crippen molar-refractivity contribution in [2.24, 2.45) is 0 Å². The lowest BCUT2D eigenvalue weighted by Gasteiger charge is -2.19. The van der Waals surface area contributed by atoms with Crippen molar-refractivity contribution in [1.82, 2.24) is 9.62 Å². The molecule has 0 aliphatic carbocycles. The van der Waals surface area contributed by atoms with Crippen molar-refractivity contribution in [1.29, 1.82) is 0 Å². The lowest BCUT2D eigenvalue weighted by atomic mass is 10.3. The van der Waals surface area contributed by atoms with E-state index in [2.05, 4.69) is 10.6 Å². The van der Waals surface area contributed by atoms with E-state index in [1.807, 2.05) is 0 Å². The van der Waals surface area contributed by atoms with E-state index in [0.29, 0.717) is 18.8 Å². The number of urea groups is 1. The van der Waals surface area contributed by atoms with Crippen LogP contribution < -0.4 is 15.4 Å². The Labute approximate surface area is 153 Å². The molecule has 146 valence electrons. The highest BCUT2D eigenvalue weighted by atomic mass is 32.2. The molecule has 9 nitrogen and oxygen atoms in total. The van der Waals surface area contributed by atoms with Crippen LogP contribution in [0.15, 0.2) is 23.1 Å². The van der Waals surface area contributed by atoms with Gasteiger partial charge in [0.25, 0.3) is 0 Å². The summed E-state index contributed by atoms with van der Waals surface area (Å²) in [6.07, 6.45) is 0.234. The van der Waals surface area contributed by atoms with E-state index in [9.17, 15) is 18.0 Å².